The van der Waals surface area contributed by atoms with Gasteiger partial charge in [0.15, 0.2) is 0 Å². The van der Waals surface area contributed by atoms with Crippen LogP contribution in [0.5, 0.6) is 5.75 Å². The number of hydrogen-bond acceptors (Lipinski definition) is 4. The molecule has 0 fully saturated rings. The lowest BCUT2D eigenvalue weighted by molar-refractivity contribution is -0.0968. The maximum Gasteiger partial charge on any atom is 0.143 e. The minimum absolute atomic E-state index is 0.252. The van der Waals surface area contributed by atoms with Gasteiger partial charge in [0.1, 0.15) is 17.5 Å². The van der Waals surface area contributed by atoms with E-state index in [9.17, 15) is 0 Å². The third kappa shape index (κ3) is 17.0. The molecule has 306 valence electrons. The molecule has 4 rings (SSSR count). The number of ether oxygens (including phenoxy) is 4. The van der Waals surface area contributed by atoms with E-state index in [0.717, 1.165) is 41.0 Å². The first-order chi connectivity index (χ1) is 27.8. The van der Waals surface area contributed by atoms with E-state index in [2.05, 4.69) is 110 Å². The quantitative estimate of drug-likeness (QED) is 0.0358. The lowest BCUT2D eigenvalue weighted by Gasteiger charge is -2.37. The molecule has 0 heterocycles. The highest BCUT2D eigenvalue weighted by molar-refractivity contribution is 5.47. The summed E-state index contributed by atoms with van der Waals surface area (Å²) in [6.07, 6.45) is 27.4. The van der Waals surface area contributed by atoms with E-state index in [1.165, 1.54) is 122 Å². The number of benzene rings is 4. The average Bonchev–Trinajstić information content (AvgIpc) is 3.25. The third-order valence-corrected chi connectivity index (χ3v) is 11.1. The fraction of sp³-hybridized carbons (Fsp3) is 0.538. The molecule has 4 aromatic carbocycles. The van der Waals surface area contributed by atoms with E-state index in [1.807, 2.05) is 12.1 Å². The van der Waals surface area contributed by atoms with Gasteiger partial charge >= 0.3 is 0 Å². The molecule has 56 heavy (non-hydrogen) atoms. The molecule has 0 N–H and O–H groups in total. The van der Waals surface area contributed by atoms with Crippen molar-refractivity contribution in [3.63, 3.8) is 0 Å². The van der Waals surface area contributed by atoms with Crippen molar-refractivity contribution in [1.82, 2.24) is 0 Å². The molecule has 0 bridgehead atoms. The average molecular weight is 763 g/mol. The lowest BCUT2D eigenvalue weighted by Crippen LogP contribution is -2.37. The van der Waals surface area contributed by atoms with E-state index in [0.29, 0.717) is 19.8 Å². The first kappa shape index (κ1) is 45.3. The molecule has 0 aromatic heterocycles. The Bertz CT molecular complexity index is 1380. The van der Waals surface area contributed by atoms with Gasteiger partial charge in [0.2, 0.25) is 0 Å². The Morgan fingerprint density at radius 2 is 0.839 bits per heavy atom. The smallest absolute Gasteiger partial charge is 0.143 e. The van der Waals surface area contributed by atoms with Gasteiger partial charge in [0, 0.05) is 6.61 Å². The molecule has 0 saturated heterocycles. The van der Waals surface area contributed by atoms with Crippen LogP contribution in [-0.4, -0.2) is 33.0 Å². The highest BCUT2D eigenvalue weighted by Gasteiger charge is 2.38. The third-order valence-electron chi connectivity index (χ3n) is 11.1. The Hall–Kier alpha value is -3.44. The van der Waals surface area contributed by atoms with Gasteiger partial charge in [0.25, 0.3) is 0 Å². The maximum atomic E-state index is 7.15. The van der Waals surface area contributed by atoms with Gasteiger partial charge in [-0.2, -0.15) is 0 Å². The summed E-state index contributed by atoms with van der Waals surface area (Å²) in [5.41, 5.74) is 3.52. The predicted molar refractivity (Wildman–Crippen MR) is 236 cm³/mol. The first-order valence-electron chi connectivity index (χ1n) is 22.4. The normalized spacial score (nSPS) is 12.2. The second kappa shape index (κ2) is 28.9. The number of methoxy groups -OCH3 is 1. The lowest BCUT2D eigenvalue weighted by atomic mass is 9.80. The van der Waals surface area contributed by atoms with Crippen LogP contribution in [0.25, 0.3) is 0 Å². The first-order valence-corrected chi connectivity index (χ1v) is 22.4. The molecule has 0 aliphatic carbocycles. The van der Waals surface area contributed by atoms with Gasteiger partial charge in [-0.1, -0.05) is 232 Å². The van der Waals surface area contributed by atoms with Crippen molar-refractivity contribution >= 4 is 0 Å². The Labute approximate surface area is 341 Å². The van der Waals surface area contributed by atoms with E-state index in [-0.39, 0.29) is 6.10 Å². The van der Waals surface area contributed by atoms with Gasteiger partial charge in [-0.25, -0.2) is 0 Å². The Morgan fingerprint density at radius 3 is 1.23 bits per heavy atom. The zero-order valence-electron chi connectivity index (χ0n) is 35.2. The molecule has 0 unspecified atom stereocenters. The second-order valence-corrected chi connectivity index (χ2v) is 15.7. The van der Waals surface area contributed by atoms with Crippen LogP contribution in [0.3, 0.4) is 0 Å². The number of unbranched alkanes of at least 4 members (excludes halogenated alkanes) is 19. The maximum absolute atomic E-state index is 7.15. The van der Waals surface area contributed by atoms with Crippen molar-refractivity contribution in [2.75, 3.05) is 26.9 Å². The van der Waals surface area contributed by atoms with E-state index >= 15 is 0 Å². The zero-order valence-corrected chi connectivity index (χ0v) is 35.2. The van der Waals surface area contributed by atoms with Crippen LogP contribution < -0.4 is 4.74 Å². The summed E-state index contributed by atoms with van der Waals surface area (Å²) in [5, 5.41) is 0. The standard InChI is InChI=1S/C52H74O4/c1-3-4-5-6-7-8-9-10-11-12-13-14-15-16-17-18-19-20-21-31-42-54-44-51(55-43-46-38-40-50(53-2)41-39-46)45-56-52(47-32-25-22-26-33-47,48-34-27-23-28-35-48)49-36-29-24-30-37-49/h22-30,32-41,51H,3-21,31,42-45H2,1-2H3/t51-/m1/s1. The topological polar surface area (TPSA) is 36.9 Å². The highest BCUT2D eigenvalue weighted by atomic mass is 16.6. The molecule has 4 heteroatoms. The minimum atomic E-state index is -0.807. The van der Waals surface area contributed by atoms with Gasteiger partial charge in [-0.3, -0.25) is 0 Å². The summed E-state index contributed by atoms with van der Waals surface area (Å²) in [6.45, 7) is 4.35. The van der Waals surface area contributed by atoms with E-state index in [1.54, 1.807) is 7.11 Å². The predicted octanol–water partition coefficient (Wildman–Crippen LogP) is 14.4. The molecule has 0 saturated carbocycles. The van der Waals surface area contributed by atoms with Crippen LogP contribution in [0.2, 0.25) is 0 Å². The van der Waals surface area contributed by atoms with Crippen molar-refractivity contribution in [3.05, 3.63) is 138 Å². The van der Waals surface area contributed by atoms with E-state index < -0.39 is 5.60 Å². The van der Waals surface area contributed by atoms with Crippen LogP contribution in [0, 0.1) is 0 Å². The van der Waals surface area contributed by atoms with Gasteiger partial charge in [-0.15, -0.1) is 0 Å². The number of hydrogen-bond donors (Lipinski definition) is 0. The molecule has 4 aromatic rings. The zero-order chi connectivity index (χ0) is 39.2. The van der Waals surface area contributed by atoms with Crippen molar-refractivity contribution in [3.8, 4) is 5.75 Å². The summed E-state index contributed by atoms with van der Waals surface area (Å²) >= 11 is 0. The van der Waals surface area contributed by atoms with Crippen molar-refractivity contribution in [2.45, 2.75) is 154 Å². The van der Waals surface area contributed by atoms with Crippen molar-refractivity contribution < 1.29 is 18.9 Å². The van der Waals surface area contributed by atoms with Crippen LogP contribution in [0.4, 0.5) is 0 Å². The SMILES string of the molecule is CCCCCCCCCCCCCCCCCCCCCCOC[C@H](COC(c1ccccc1)(c1ccccc1)c1ccccc1)OCc1ccc(OC)cc1. The molecule has 0 aliphatic rings. The van der Waals surface area contributed by atoms with Gasteiger partial charge < -0.3 is 18.9 Å². The summed E-state index contributed by atoms with van der Waals surface area (Å²) in [4.78, 5) is 0. The number of rotatable bonds is 33. The molecular weight excluding hydrogens is 689 g/mol. The summed E-state index contributed by atoms with van der Waals surface area (Å²) in [7, 11) is 1.69. The summed E-state index contributed by atoms with van der Waals surface area (Å²) < 4.78 is 25.4. The largest absolute Gasteiger partial charge is 0.497 e. The fourth-order valence-electron chi connectivity index (χ4n) is 7.74. The van der Waals surface area contributed by atoms with Crippen molar-refractivity contribution in [2.24, 2.45) is 0 Å². The Kier molecular flexibility index (Phi) is 23.3. The van der Waals surface area contributed by atoms with Gasteiger partial charge in [0.05, 0.1) is 26.9 Å². The molecule has 1 atom stereocenters. The van der Waals surface area contributed by atoms with Crippen LogP contribution in [0.15, 0.2) is 115 Å². The Balaban J connectivity index is 1.18. The van der Waals surface area contributed by atoms with E-state index in [4.69, 9.17) is 18.9 Å². The molecule has 4 nitrogen and oxygen atoms in total. The second-order valence-electron chi connectivity index (χ2n) is 15.7. The monoisotopic (exact) mass is 763 g/mol. The van der Waals surface area contributed by atoms with Crippen LogP contribution >= 0.6 is 0 Å². The molecule has 0 amide bonds. The van der Waals surface area contributed by atoms with Crippen LogP contribution in [-0.2, 0) is 26.4 Å². The molecule has 0 aliphatic heterocycles. The fourth-order valence-corrected chi connectivity index (χ4v) is 7.74. The minimum Gasteiger partial charge on any atom is -0.497 e. The van der Waals surface area contributed by atoms with Crippen LogP contribution in [0.1, 0.15) is 158 Å². The molecule has 0 radical (unpaired) electrons. The highest BCUT2D eigenvalue weighted by Crippen LogP contribution is 2.40. The van der Waals surface area contributed by atoms with Crippen molar-refractivity contribution in [1.29, 1.82) is 0 Å². The molecule has 0 spiro atoms. The molecular formula is C52H74O4. The Morgan fingerprint density at radius 1 is 0.446 bits per heavy atom. The summed E-state index contributed by atoms with van der Waals surface area (Å²) in [6, 6.07) is 39.7. The van der Waals surface area contributed by atoms with Gasteiger partial charge in [-0.05, 0) is 40.8 Å². The summed E-state index contributed by atoms with van der Waals surface area (Å²) in [5.74, 6) is 0.838.